The number of likely N-dealkylation sites (tertiary alicyclic amines) is 1. The number of carbonyl (C=O) groups excluding carboxylic acids is 1. The van der Waals surface area contributed by atoms with Crippen LogP contribution in [0.25, 0.3) is 0 Å². The maximum atomic E-state index is 13.7. The Morgan fingerprint density at radius 1 is 1.35 bits per heavy atom. The summed E-state index contributed by atoms with van der Waals surface area (Å²) in [4.78, 5) is 13.4. The normalized spacial score (nSPS) is 16.1. The maximum Gasteiger partial charge on any atom is 0.321 e. The van der Waals surface area contributed by atoms with Gasteiger partial charge in [-0.25, -0.2) is 13.6 Å². The molecule has 1 aromatic carbocycles. The topological polar surface area (TPSA) is 61.8 Å². The van der Waals surface area contributed by atoms with Crippen molar-refractivity contribution in [2.75, 3.05) is 25.5 Å². The van der Waals surface area contributed by atoms with Gasteiger partial charge in [-0.3, -0.25) is 0 Å². The van der Waals surface area contributed by atoms with Gasteiger partial charge in [0.2, 0.25) is 0 Å². The lowest BCUT2D eigenvalue weighted by Crippen LogP contribution is -2.42. The minimum Gasteiger partial charge on any atom is -0.494 e. The van der Waals surface area contributed by atoms with Gasteiger partial charge in [-0.15, -0.1) is 0 Å². The van der Waals surface area contributed by atoms with Gasteiger partial charge in [-0.1, -0.05) is 0 Å². The quantitative estimate of drug-likeness (QED) is 0.873. The van der Waals surface area contributed by atoms with Gasteiger partial charge in [0.15, 0.2) is 17.4 Å². The molecule has 0 unspecified atom stereocenters. The maximum absolute atomic E-state index is 13.7. The van der Waals surface area contributed by atoms with E-state index in [0.717, 1.165) is 12.1 Å². The number of urea groups is 1. The molecule has 0 aliphatic carbocycles. The number of ether oxygens (including phenoxy) is 1. The third-order valence-corrected chi connectivity index (χ3v) is 3.23. The number of hydrogen-bond donors (Lipinski definition) is 2. The smallest absolute Gasteiger partial charge is 0.321 e. The van der Waals surface area contributed by atoms with Crippen molar-refractivity contribution < 1.29 is 23.4 Å². The summed E-state index contributed by atoms with van der Waals surface area (Å²) in [6.45, 7) is 0.764. The lowest BCUT2D eigenvalue weighted by atomic mass is 10.1. The summed E-state index contributed by atoms with van der Waals surface area (Å²) in [5, 5.41) is 11.7. The fourth-order valence-electron chi connectivity index (χ4n) is 2.04. The molecular weight excluding hydrogens is 270 g/mol. The molecule has 2 rings (SSSR count). The Bertz CT molecular complexity index is 503. The number of hydrogen-bond acceptors (Lipinski definition) is 3. The number of benzene rings is 1. The summed E-state index contributed by atoms with van der Waals surface area (Å²) in [6, 6.07) is 1.25. The van der Waals surface area contributed by atoms with Gasteiger partial charge < -0.3 is 20.1 Å². The third kappa shape index (κ3) is 3.16. The average Bonchev–Trinajstić information content (AvgIpc) is 2.43. The zero-order chi connectivity index (χ0) is 14.7. The van der Waals surface area contributed by atoms with Crippen LogP contribution < -0.4 is 10.1 Å². The van der Waals surface area contributed by atoms with Crippen molar-refractivity contribution in [3.8, 4) is 5.75 Å². The van der Waals surface area contributed by atoms with E-state index in [9.17, 15) is 18.7 Å². The predicted molar refractivity (Wildman–Crippen MR) is 68.7 cm³/mol. The molecule has 5 nitrogen and oxygen atoms in total. The Morgan fingerprint density at radius 2 is 2.00 bits per heavy atom. The molecule has 1 aliphatic heterocycles. The van der Waals surface area contributed by atoms with Gasteiger partial charge in [0.25, 0.3) is 0 Å². The first-order valence-electron chi connectivity index (χ1n) is 6.28. The molecule has 1 heterocycles. The second-order valence-electron chi connectivity index (χ2n) is 4.61. The SMILES string of the molecule is COc1cc(F)c(NC(=O)N2CCC(O)CC2)cc1F. The molecule has 0 spiro atoms. The molecule has 20 heavy (non-hydrogen) atoms. The second kappa shape index (κ2) is 6.04. The number of nitrogens with zero attached hydrogens (tertiary/aromatic N) is 1. The van der Waals surface area contributed by atoms with E-state index in [1.165, 1.54) is 12.0 Å². The van der Waals surface area contributed by atoms with Crippen LogP contribution in [0.5, 0.6) is 5.75 Å². The Labute approximate surface area is 115 Å². The van der Waals surface area contributed by atoms with E-state index in [2.05, 4.69) is 10.1 Å². The molecule has 1 aromatic rings. The van der Waals surface area contributed by atoms with Crippen molar-refractivity contribution in [3.63, 3.8) is 0 Å². The summed E-state index contributed by atoms with van der Waals surface area (Å²) >= 11 is 0. The van der Waals surface area contributed by atoms with E-state index in [4.69, 9.17) is 0 Å². The number of halogens is 2. The number of methoxy groups -OCH3 is 1. The molecule has 0 atom stereocenters. The summed E-state index contributed by atoms with van der Waals surface area (Å²) in [5.41, 5.74) is -0.237. The highest BCUT2D eigenvalue weighted by molar-refractivity contribution is 5.89. The van der Waals surface area contributed by atoms with Crippen molar-refractivity contribution in [1.29, 1.82) is 0 Å². The van der Waals surface area contributed by atoms with Crippen molar-refractivity contribution >= 4 is 11.7 Å². The average molecular weight is 286 g/mol. The largest absolute Gasteiger partial charge is 0.494 e. The molecule has 0 aromatic heterocycles. The van der Waals surface area contributed by atoms with E-state index >= 15 is 0 Å². The van der Waals surface area contributed by atoms with Crippen molar-refractivity contribution in [1.82, 2.24) is 4.90 Å². The predicted octanol–water partition coefficient (Wildman–Crippen LogP) is 1.96. The lowest BCUT2D eigenvalue weighted by Gasteiger charge is -2.29. The zero-order valence-corrected chi connectivity index (χ0v) is 11.0. The van der Waals surface area contributed by atoms with Gasteiger partial charge in [0.05, 0.1) is 18.9 Å². The monoisotopic (exact) mass is 286 g/mol. The molecule has 110 valence electrons. The highest BCUT2D eigenvalue weighted by atomic mass is 19.1. The first kappa shape index (κ1) is 14.5. The molecular formula is C13H16F2N2O3. The number of anilines is 1. The Kier molecular flexibility index (Phi) is 4.39. The van der Waals surface area contributed by atoms with Crippen LogP contribution in [-0.4, -0.2) is 42.3 Å². The van der Waals surface area contributed by atoms with E-state index < -0.39 is 23.8 Å². The van der Waals surface area contributed by atoms with Crippen LogP contribution in [0.2, 0.25) is 0 Å². The summed E-state index contributed by atoms with van der Waals surface area (Å²) in [6.07, 6.45) is 0.550. The highest BCUT2D eigenvalue weighted by Gasteiger charge is 2.22. The van der Waals surface area contributed by atoms with Crippen molar-refractivity contribution in [2.45, 2.75) is 18.9 Å². The van der Waals surface area contributed by atoms with Gasteiger partial charge in [-0.2, -0.15) is 0 Å². The minimum absolute atomic E-state index is 0.221. The molecule has 1 saturated heterocycles. The van der Waals surface area contributed by atoms with Crippen LogP contribution in [-0.2, 0) is 0 Å². The van der Waals surface area contributed by atoms with Crippen LogP contribution in [0, 0.1) is 11.6 Å². The minimum atomic E-state index is -0.770. The van der Waals surface area contributed by atoms with E-state index in [1.54, 1.807) is 0 Å². The number of aliphatic hydroxyl groups is 1. The van der Waals surface area contributed by atoms with E-state index in [0.29, 0.717) is 25.9 Å². The van der Waals surface area contributed by atoms with Crippen LogP contribution in [0.1, 0.15) is 12.8 Å². The second-order valence-corrected chi connectivity index (χ2v) is 4.61. The fraction of sp³-hybridized carbons (Fsp3) is 0.462. The molecule has 2 N–H and O–H groups in total. The highest BCUT2D eigenvalue weighted by Crippen LogP contribution is 2.25. The van der Waals surface area contributed by atoms with Crippen molar-refractivity contribution in [3.05, 3.63) is 23.8 Å². The summed E-state index contributed by atoms with van der Waals surface area (Å²) < 4.78 is 31.8. The molecule has 1 aliphatic rings. The summed E-state index contributed by atoms with van der Waals surface area (Å²) in [5.74, 6) is -1.74. The van der Waals surface area contributed by atoms with E-state index in [1.807, 2.05) is 0 Å². The number of aliphatic hydroxyl groups excluding tert-OH is 1. The van der Waals surface area contributed by atoms with E-state index in [-0.39, 0.29) is 11.4 Å². The first-order valence-corrected chi connectivity index (χ1v) is 6.28. The number of amides is 2. The van der Waals surface area contributed by atoms with Gasteiger partial charge in [0.1, 0.15) is 0 Å². The van der Waals surface area contributed by atoms with Gasteiger partial charge in [-0.05, 0) is 12.8 Å². The summed E-state index contributed by atoms with van der Waals surface area (Å²) in [7, 11) is 1.23. The first-order chi connectivity index (χ1) is 9.51. The Morgan fingerprint density at radius 3 is 2.60 bits per heavy atom. The molecule has 2 amide bonds. The standard InChI is InChI=1S/C13H16F2N2O3/c1-20-12-7-9(14)11(6-10(12)15)16-13(19)17-4-2-8(18)3-5-17/h6-8,18H,2-5H2,1H3,(H,16,19). The van der Waals surface area contributed by atoms with Gasteiger partial charge >= 0.3 is 6.03 Å². The van der Waals surface area contributed by atoms with Gasteiger partial charge in [0, 0.05) is 25.2 Å². The third-order valence-electron chi connectivity index (χ3n) is 3.23. The van der Waals surface area contributed by atoms with Crippen molar-refractivity contribution in [2.24, 2.45) is 0 Å². The zero-order valence-electron chi connectivity index (χ0n) is 11.0. The Balaban J connectivity index is 2.06. The van der Waals surface area contributed by atoms with Crippen LogP contribution in [0.3, 0.4) is 0 Å². The fourth-order valence-corrected chi connectivity index (χ4v) is 2.04. The molecule has 1 fully saturated rings. The molecule has 0 bridgehead atoms. The van der Waals surface area contributed by atoms with Crippen LogP contribution >= 0.6 is 0 Å². The molecule has 0 radical (unpaired) electrons. The van der Waals surface area contributed by atoms with Crippen LogP contribution in [0.15, 0.2) is 12.1 Å². The number of piperidine rings is 1. The Hall–Kier alpha value is -1.89. The molecule has 0 saturated carbocycles. The van der Waals surface area contributed by atoms with Crippen LogP contribution in [0.4, 0.5) is 19.3 Å². The number of carbonyl (C=O) groups is 1. The number of nitrogens with one attached hydrogen (secondary N) is 1. The lowest BCUT2D eigenvalue weighted by molar-refractivity contribution is 0.0972. The number of rotatable bonds is 2. The molecule has 7 heteroatoms.